The molecule has 0 amide bonds. The number of hydrogen-bond acceptors (Lipinski definition) is 8. The van der Waals surface area contributed by atoms with Gasteiger partial charge in [-0.25, -0.2) is 9.59 Å². The fourth-order valence-corrected chi connectivity index (χ4v) is 4.58. The van der Waals surface area contributed by atoms with Gasteiger partial charge in [0, 0.05) is 30.2 Å². The highest BCUT2D eigenvalue weighted by atomic mass is 16.6. The van der Waals surface area contributed by atoms with Crippen LogP contribution in [0.25, 0.3) is 0 Å². The van der Waals surface area contributed by atoms with Gasteiger partial charge in [0.2, 0.25) is 0 Å². The third-order valence-electron chi connectivity index (χ3n) is 7.27. The smallest absolute Gasteiger partial charge is 0.338 e. The van der Waals surface area contributed by atoms with E-state index >= 15 is 0 Å². The third kappa shape index (κ3) is 16.2. The van der Waals surface area contributed by atoms with Gasteiger partial charge in [0.05, 0.1) is 18.3 Å². The fourth-order valence-electron chi connectivity index (χ4n) is 4.58. The quantitative estimate of drug-likeness (QED) is 0.0379. The lowest BCUT2D eigenvalue weighted by molar-refractivity contribution is -0.138. The van der Waals surface area contributed by atoms with E-state index in [4.69, 9.17) is 18.9 Å². The second kappa shape index (κ2) is 22.7. The molecule has 1 unspecified atom stereocenters. The number of carbonyl (C=O) groups excluding carboxylic acids is 4. The SMILES string of the molecule is C=CC(=O)OCCCCCCCCCCC(=O)Oc1ccc(C(=O)c2ccc(C(=O)OCC(C)OCCCCCC)cc2)cc1. The molecule has 0 spiro atoms. The van der Waals surface area contributed by atoms with Crippen molar-refractivity contribution in [3.63, 3.8) is 0 Å². The predicted octanol–water partition coefficient (Wildman–Crippen LogP) is 8.21. The van der Waals surface area contributed by atoms with Gasteiger partial charge in [-0.3, -0.25) is 9.59 Å². The van der Waals surface area contributed by atoms with E-state index < -0.39 is 5.97 Å². The molecule has 0 aliphatic rings. The molecule has 0 aromatic heterocycles. The zero-order valence-corrected chi connectivity index (χ0v) is 27.1. The fraction of sp³-hybridized carbons (Fsp3) is 0.514. The van der Waals surface area contributed by atoms with Crippen LogP contribution >= 0.6 is 0 Å². The molecule has 8 nitrogen and oxygen atoms in total. The Bertz CT molecular complexity index is 1170. The van der Waals surface area contributed by atoms with Gasteiger partial charge in [-0.2, -0.15) is 0 Å². The molecule has 0 saturated heterocycles. The summed E-state index contributed by atoms with van der Waals surface area (Å²) in [7, 11) is 0. The first-order valence-electron chi connectivity index (χ1n) is 16.4. The van der Waals surface area contributed by atoms with E-state index in [1.54, 1.807) is 48.5 Å². The van der Waals surface area contributed by atoms with Crippen molar-refractivity contribution in [2.75, 3.05) is 19.8 Å². The molecule has 0 aliphatic heterocycles. The number of esters is 3. The Labute approximate surface area is 268 Å². The number of ether oxygens (including phenoxy) is 4. The van der Waals surface area contributed by atoms with Gasteiger partial charge >= 0.3 is 17.9 Å². The molecule has 0 fully saturated rings. The van der Waals surface area contributed by atoms with Gasteiger partial charge in [0.15, 0.2) is 5.78 Å². The van der Waals surface area contributed by atoms with Crippen LogP contribution in [-0.4, -0.2) is 49.6 Å². The van der Waals surface area contributed by atoms with Gasteiger partial charge in [-0.1, -0.05) is 83.4 Å². The van der Waals surface area contributed by atoms with Gasteiger partial charge < -0.3 is 18.9 Å². The van der Waals surface area contributed by atoms with Crippen molar-refractivity contribution in [3.8, 4) is 5.75 Å². The summed E-state index contributed by atoms with van der Waals surface area (Å²) < 4.78 is 21.4. The first-order valence-corrected chi connectivity index (χ1v) is 16.4. The maximum atomic E-state index is 12.9. The van der Waals surface area contributed by atoms with Crippen molar-refractivity contribution in [2.24, 2.45) is 0 Å². The Morgan fingerprint density at radius 3 is 1.84 bits per heavy atom. The Morgan fingerprint density at radius 1 is 0.689 bits per heavy atom. The molecule has 0 saturated carbocycles. The van der Waals surface area contributed by atoms with Gasteiger partial charge in [-0.15, -0.1) is 0 Å². The highest BCUT2D eigenvalue weighted by Gasteiger charge is 2.14. The van der Waals surface area contributed by atoms with Crippen molar-refractivity contribution in [3.05, 3.63) is 77.9 Å². The van der Waals surface area contributed by atoms with E-state index in [-0.39, 0.29) is 30.4 Å². The largest absolute Gasteiger partial charge is 0.463 e. The number of rotatable bonds is 24. The van der Waals surface area contributed by atoms with Crippen LogP contribution < -0.4 is 4.74 Å². The number of ketones is 1. The molecular weight excluding hydrogens is 572 g/mol. The Balaban J connectivity index is 1.63. The standard InChI is InChI=1S/C37H50O8/c1-4-6-7-15-26-42-29(3)28-44-37(41)32-20-18-30(19-21-32)36(40)31-22-24-33(25-23-31)45-35(39)17-14-12-10-8-9-11-13-16-27-43-34(38)5-2/h5,18-25,29H,2,4,6-17,26-28H2,1,3H3. The summed E-state index contributed by atoms with van der Waals surface area (Å²) in [6.07, 6.45) is 13.8. The van der Waals surface area contributed by atoms with Crippen LogP contribution in [0.4, 0.5) is 0 Å². The molecule has 45 heavy (non-hydrogen) atoms. The molecule has 246 valence electrons. The van der Waals surface area contributed by atoms with E-state index in [0.717, 1.165) is 64.2 Å². The molecule has 2 aromatic rings. The summed E-state index contributed by atoms with van der Waals surface area (Å²) in [5.41, 5.74) is 1.26. The van der Waals surface area contributed by atoms with Crippen LogP contribution in [0.5, 0.6) is 5.75 Å². The topological polar surface area (TPSA) is 105 Å². The van der Waals surface area contributed by atoms with Crippen molar-refractivity contribution in [1.82, 2.24) is 0 Å². The first-order chi connectivity index (χ1) is 21.8. The number of carbonyl (C=O) groups is 4. The molecule has 0 bridgehead atoms. The molecular formula is C37H50O8. The predicted molar refractivity (Wildman–Crippen MR) is 174 cm³/mol. The molecule has 0 N–H and O–H groups in total. The van der Waals surface area contributed by atoms with E-state index in [1.165, 1.54) is 18.9 Å². The van der Waals surface area contributed by atoms with Crippen molar-refractivity contribution in [1.29, 1.82) is 0 Å². The second-order valence-electron chi connectivity index (χ2n) is 11.2. The van der Waals surface area contributed by atoms with Crippen LogP contribution in [0, 0.1) is 0 Å². The minimum atomic E-state index is -0.459. The summed E-state index contributed by atoms with van der Waals surface area (Å²) in [5.74, 6) is -0.931. The monoisotopic (exact) mass is 622 g/mol. The molecule has 1 atom stereocenters. The summed E-state index contributed by atoms with van der Waals surface area (Å²) in [6, 6.07) is 12.8. The lowest BCUT2D eigenvalue weighted by Crippen LogP contribution is -2.19. The average Bonchev–Trinajstić information content (AvgIpc) is 3.05. The molecule has 0 radical (unpaired) electrons. The second-order valence-corrected chi connectivity index (χ2v) is 11.2. The minimum Gasteiger partial charge on any atom is -0.463 e. The summed E-state index contributed by atoms with van der Waals surface area (Å²) in [5, 5.41) is 0. The van der Waals surface area contributed by atoms with Crippen molar-refractivity contribution < 1.29 is 38.1 Å². The highest BCUT2D eigenvalue weighted by Crippen LogP contribution is 2.18. The van der Waals surface area contributed by atoms with Crippen LogP contribution in [0.15, 0.2) is 61.2 Å². The Morgan fingerprint density at radius 2 is 1.22 bits per heavy atom. The molecule has 0 aliphatic carbocycles. The average molecular weight is 623 g/mol. The zero-order chi connectivity index (χ0) is 32.7. The maximum Gasteiger partial charge on any atom is 0.338 e. The normalized spacial score (nSPS) is 11.4. The molecule has 2 rings (SSSR count). The van der Waals surface area contributed by atoms with Crippen LogP contribution in [0.3, 0.4) is 0 Å². The maximum absolute atomic E-state index is 12.9. The van der Waals surface area contributed by atoms with Crippen molar-refractivity contribution in [2.45, 2.75) is 103 Å². The lowest BCUT2D eigenvalue weighted by Gasteiger charge is -2.13. The molecule has 2 aromatic carbocycles. The van der Waals surface area contributed by atoms with Crippen LogP contribution in [-0.2, 0) is 23.8 Å². The van der Waals surface area contributed by atoms with Gasteiger partial charge in [0.25, 0.3) is 0 Å². The zero-order valence-electron chi connectivity index (χ0n) is 27.1. The van der Waals surface area contributed by atoms with Gasteiger partial charge in [-0.05, 0) is 62.6 Å². The van der Waals surface area contributed by atoms with Crippen molar-refractivity contribution >= 4 is 23.7 Å². The Kier molecular flexibility index (Phi) is 18.9. The molecule has 0 heterocycles. The van der Waals surface area contributed by atoms with E-state index in [0.29, 0.717) is 42.1 Å². The minimum absolute atomic E-state index is 0.171. The number of benzene rings is 2. The first kappa shape index (κ1) is 37.4. The summed E-state index contributed by atoms with van der Waals surface area (Å²) in [4.78, 5) is 48.5. The van der Waals surface area contributed by atoms with Crippen LogP contribution in [0.1, 0.15) is 124 Å². The highest BCUT2D eigenvalue weighted by molar-refractivity contribution is 6.09. The van der Waals surface area contributed by atoms with E-state index in [9.17, 15) is 19.2 Å². The van der Waals surface area contributed by atoms with E-state index in [1.807, 2.05) is 6.92 Å². The summed E-state index contributed by atoms with van der Waals surface area (Å²) >= 11 is 0. The molecule has 8 heteroatoms. The van der Waals surface area contributed by atoms with Gasteiger partial charge in [0.1, 0.15) is 12.4 Å². The van der Waals surface area contributed by atoms with Crippen LogP contribution in [0.2, 0.25) is 0 Å². The number of hydrogen-bond donors (Lipinski definition) is 0. The lowest BCUT2D eigenvalue weighted by atomic mass is 10.0. The number of unbranched alkanes of at least 4 members (excludes halogenated alkanes) is 10. The Hall–Kier alpha value is -3.78. The third-order valence-corrected chi connectivity index (χ3v) is 7.27. The van der Waals surface area contributed by atoms with E-state index in [2.05, 4.69) is 13.5 Å². The summed E-state index contributed by atoms with van der Waals surface area (Å²) in [6.45, 7) is 8.68.